The lowest BCUT2D eigenvalue weighted by molar-refractivity contribution is -0.385. The lowest BCUT2D eigenvalue weighted by Gasteiger charge is -2.28. The second-order valence-electron chi connectivity index (χ2n) is 4.84. The van der Waals surface area contributed by atoms with Crippen LogP contribution in [-0.2, 0) is 0 Å². The number of piperidine rings is 1. The maximum Gasteiger partial charge on any atom is 0.372 e. The Kier molecular flexibility index (Phi) is 4.67. The minimum absolute atomic E-state index is 0.0107. The molecule has 8 heteroatoms. The molecule has 1 aromatic rings. The van der Waals surface area contributed by atoms with E-state index < -0.39 is 4.92 Å². The predicted octanol–water partition coefficient (Wildman–Crippen LogP) is 0.972. The van der Waals surface area contributed by atoms with Gasteiger partial charge in [0.2, 0.25) is 5.82 Å². The van der Waals surface area contributed by atoms with Gasteiger partial charge in [0.05, 0.1) is 12.0 Å². The summed E-state index contributed by atoms with van der Waals surface area (Å²) in [7, 11) is 3.16. The van der Waals surface area contributed by atoms with Gasteiger partial charge in [0.1, 0.15) is 6.33 Å². The minimum atomic E-state index is -0.501. The molecule has 8 nitrogen and oxygen atoms in total. The van der Waals surface area contributed by atoms with Crippen LogP contribution >= 0.6 is 0 Å². The molecule has 0 radical (unpaired) electrons. The molecule has 1 aromatic heterocycles. The Balaban J connectivity index is 2.19. The van der Waals surface area contributed by atoms with Gasteiger partial charge in [-0.15, -0.1) is 0 Å². The van der Waals surface area contributed by atoms with E-state index in [1.807, 2.05) is 0 Å². The topological polar surface area (TPSA) is 93.4 Å². The molecule has 20 heavy (non-hydrogen) atoms. The van der Waals surface area contributed by atoms with E-state index in [2.05, 4.69) is 15.3 Å². The van der Waals surface area contributed by atoms with Gasteiger partial charge in [0.15, 0.2) is 0 Å². The molecule has 1 aliphatic heterocycles. The maximum absolute atomic E-state index is 11.2. The van der Waals surface area contributed by atoms with Crippen molar-refractivity contribution in [3.05, 3.63) is 16.4 Å². The number of nitrogens with one attached hydrogen (secondary N) is 1. The fraction of sp³-hybridized carbons (Fsp3) is 0.667. The van der Waals surface area contributed by atoms with Crippen molar-refractivity contribution in [2.45, 2.75) is 25.3 Å². The van der Waals surface area contributed by atoms with E-state index >= 15 is 0 Å². The number of aromatic nitrogens is 2. The first-order valence-corrected chi connectivity index (χ1v) is 6.61. The minimum Gasteiger partial charge on any atom is -0.476 e. The first kappa shape index (κ1) is 14.4. The summed E-state index contributed by atoms with van der Waals surface area (Å²) in [5, 5.41) is 14.6. The van der Waals surface area contributed by atoms with Gasteiger partial charge in [-0.2, -0.15) is 4.98 Å². The third-order valence-electron chi connectivity index (χ3n) is 3.41. The molecule has 0 aromatic carbocycles. The highest BCUT2D eigenvalue weighted by atomic mass is 16.6. The van der Waals surface area contributed by atoms with E-state index in [1.165, 1.54) is 26.3 Å². The van der Waals surface area contributed by atoms with Crippen LogP contribution in [0.15, 0.2) is 6.33 Å². The number of hydrogen-bond donors (Lipinski definition) is 1. The predicted molar refractivity (Wildman–Crippen MR) is 74.2 cm³/mol. The second kappa shape index (κ2) is 6.47. The Morgan fingerprint density at radius 3 is 2.95 bits per heavy atom. The molecule has 110 valence electrons. The van der Waals surface area contributed by atoms with Gasteiger partial charge in [-0.3, -0.25) is 10.1 Å². The van der Waals surface area contributed by atoms with Crippen molar-refractivity contribution in [2.75, 3.05) is 32.1 Å². The van der Waals surface area contributed by atoms with Crippen molar-refractivity contribution >= 4 is 11.5 Å². The van der Waals surface area contributed by atoms with E-state index in [9.17, 15) is 10.1 Å². The van der Waals surface area contributed by atoms with Gasteiger partial charge < -0.3 is 15.0 Å². The highest BCUT2D eigenvalue weighted by Crippen LogP contribution is 2.32. The summed E-state index contributed by atoms with van der Waals surface area (Å²) in [5.74, 6) is 0.276. The molecule has 1 atom stereocenters. The Bertz CT molecular complexity index is 476. The van der Waals surface area contributed by atoms with Crippen LogP contribution in [0.4, 0.5) is 11.5 Å². The van der Waals surface area contributed by atoms with Crippen LogP contribution in [0.2, 0.25) is 0 Å². The van der Waals surface area contributed by atoms with Crippen LogP contribution < -0.4 is 15.0 Å². The van der Waals surface area contributed by atoms with Gasteiger partial charge in [-0.1, -0.05) is 6.42 Å². The summed E-state index contributed by atoms with van der Waals surface area (Å²) in [5.41, 5.74) is -0.187. The third-order valence-corrected chi connectivity index (χ3v) is 3.41. The summed E-state index contributed by atoms with van der Waals surface area (Å²) in [6.07, 6.45) is 4.72. The lowest BCUT2D eigenvalue weighted by atomic mass is 10.0. The number of ether oxygens (including phenoxy) is 1. The normalized spacial score (nSPS) is 18.6. The van der Waals surface area contributed by atoms with Crippen LogP contribution in [0.25, 0.3) is 0 Å². The quantitative estimate of drug-likeness (QED) is 0.635. The smallest absolute Gasteiger partial charge is 0.372 e. The molecule has 2 rings (SSSR count). The standard InChI is InChI=1S/C12H19N5O3/c1-16(7-9-5-3-4-6-13-9)11-10(17(18)19)12(20-2)15-8-14-11/h8-9,13H,3-7H2,1-2H3. The maximum atomic E-state index is 11.2. The van der Waals surface area contributed by atoms with Gasteiger partial charge >= 0.3 is 5.69 Å². The number of anilines is 1. The second-order valence-corrected chi connectivity index (χ2v) is 4.84. The molecule has 1 unspecified atom stereocenters. The molecule has 1 N–H and O–H groups in total. The molecule has 1 aliphatic rings. The van der Waals surface area contributed by atoms with Crippen molar-refractivity contribution in [1.82, 2.24) is 15.3 Å². The third kappa shape index (κ3) is 3.13. The van der Waals surface area contributed by atoms with E-state index in [0.717, 1.165) is 13.0 Å². The first-order valence-electron chi connectivity index (χ1n) is 6.61. The highest BCUT2D eigenvalue weighted by molar-refractivity contribution is 5.62. The monoisotopic (exact) mass is 281 g/mol. The Hall–Kier alpha value is -1.96. The van der Waals surface area contributed by atoms with E-state index in [4.69, 9.17) is 4.74 Å². The first-order chi connectivity index (χ1) is 9.63. The summed E-state index contributed by atoms with van der Waals surface area (Å²) < 4.78 is 4.95. The van der Waals surface area contributed by atoms with Gasteiger partial charge in [0.25, 0.3) is 5.88 Å². The van der Waals surface area contributed by atoms with Crippen LogP contribution in [0.1, 0.15) is 19.3 Å². The lowest BCUT2D eigenvalue weighted by Crippen LogP contribution is -2.42. The average Bonchev–Trinajstić information content (AvgIpc) is 2.47. The number of hydrogen-bond acceptors (Lipinski definition) is 7. The van der Waals surface area contributed by atoms with Crippen LogP contribution in [0.5, 0.6) is 5.88 Å². The van der Waals surface area contributed by atoms with Crippen molar-refractivity contribution in [3.8, 4) is 5.88 Å². The van der Waals surface area contributed by atoms with E-state index in [-0.39, 0.29) is 17.4 Å². The Morgan fingerprint density at radius 1 is 1.55 bits per heavy atom. The fourth-order valence-corrected chi connectivity index (χ4v) is 2.44. The molecule has 0 aliphatic carbocycles. The molecular weight excluding hydrogens is 262 g/mol. The SMILES string of the molecule is COc1ncnc(N(C)CC2CCCCN2)c1[N+](=O)[O-]. The van der Waals surface area contributed by atoms with Crippen molar-refractivity contribution in [2.24, 2.45) is 0 Å². The largest absolute Gasteiger partial charge is 0.476 e. The number of nitrogens with zero attached hydrogens (tertiary/aromatic N) is 4. The zero-order valence-electron chi connectivity index (χ0n) is 11.7. The Labute approximate surface area is 117 Å². The van der Waals surface area contributed by atoms with Crippen molar-refractivity contribution in [1.29, 1.82) is 0 Å². The van der Waals surface area contributed by atoms with E-state index in [0.29, 0.717) is 12.6 Å². The van der Waals surface area contributed by atoms with Crippen LogP contribution in [0, 0.1) is 10.1 Å². The molecule has 2 heterocycles. The molecule has 1 fully saturated rings. The highest BCUT2D eigenvalue weighted by Gasteiger charge is 2.27. The number of nitro groups is 1. The molecule has 0 bridgehead atoms. The van der Waals surface area contributed by atoms with Crippen LogP contribution in [-0.4, -0.2) is 48.2 Å². The van der Waals surface area contributed by atoms with Crippen molar-refractivity contribution in [3.63, 3.8) is 0 Å². The molecule has 0 amide bonds. The van der Waals surface area contributed by atoms with Gasteiger partial charge in [0, 0.05) is 19.6 Å². The average molecular weight is 281 g/mol. The zero-order chi connectivity index (χ0) is 14.5. The Morgan fingerprint density at radius 2 is 2.35 bits per heavy atom. The number of methoxy groups -OCH3 is 1. The molecule has 0 spiro atoms. The summed E-state index contributed by atoms with van der Waals surface area (Å²) in [4.78, 5) is 20.3. The fourth-order valence-electron chi connectivity index (χ4n) is 2.44. The summed E-state index contributed by atoms with van der Waals surface area (Å²) >= 11 is 0. The summed E-state index contributed by atoms with van der Waals surface area (Å²) in [6, 6.07) is 0.328. The molecule has 0 saturated carbocycles. The molecular formula is C12H19N5O3. The zero-order valence-corrected chi connectivity index (χ0v) is 11.7. The van der Waals surface area contributed by atoms with Crippen molar-refractivity contribution < 1.29 is 9.66 Å². The van der Waals surface area contributed by atoms with E-state index in [1.54, 1.807) is 11.9 Å². The van der Waals surface area contributed by atoms with Crippen LogP contribution in [0.3, 0.4) is 0 Å². The number of likely N-dealkylation sites (N-methyl/N-ethyl adjacent to an activating group) is 1. The van der Waals surface area contributed by atoms with Gasteiger partial charge in [-0.05, 0) is 19.4 Å². The summed E-state index contributed by atoms with van der Waals surface area (Å²) in [6.45, 7) is 1.66. The molecule has 1 saturated heterocycles. The van der Waals surface area contributed by atoms with Gasteiger partial charge in [-0.25, -0.2) is 4.98 Å². The number of rotatable bonds is 5.